The molecule has 11 heteroatoms. The molecule has 0 spiro atoms. The largest absolute Gasteiger partial charge is 4.00 e. The second-order valence-electron chi connectivity index (χ2n) is 20.6. The molecule has 2 amide bonds. The van der Waals surface area contributed by atoms with E-state index in [0.29, 0.717) is 38.8 Å². The van der Waals surface area contributed by atoms with Gasteiger partial charge in [-0.15, -0.1) is 36.4 Å². The molecule has 4 aromatic carbocycles. The summed E-state index contributed by atoms with van der Waals surface area (Å²) in [5.41, 5.74) is -3.19. The Bertz CT molecular complexity index is 1880. The summed E-state index contributed by atoms with van der Waals surface area (Å²) in [7, 11) is 0. The number of ketones is 2. The number of amides is 2. The fourth-order valence-electron chi connectivity index (χ4n) is 7.72. The Kier molecular flexibility index (Phi) is 29.4. The standard InChI is InChI=1S/2C24H36F2NO2.2C5H5.Ti/c2*1-8-10-12-18(21(28)23(3,4)5)24(6,7)22(29)27(15-11-9-2)20-14-13-17(25)16-19(20)26;2*1-2-4-5-3-1;/h2*13-14,18H,8-12,15H2,1-7H3;2*1-5H;/q4*-1;+4. The third-order valence-electron chi connectivity index (χ3n) is 12.0. The van der Waals surface area contributed by atoms with Crippen molar-refractivity contribution < 1.29 is 58.5 Å². The number of benzene rings is 2. The number of rotatable bonds is 20. The molecule has 69 heavy (non-hydrogen) atoms. The van der Waals surface area contributed by atoms with Crippen LogP contribution in [0.4, 0.5) is 28.9 Å². The van der Waals surface area contributed by atoms with Crippen LogP contribution in [0.3, 0.4) is 0 Å². The second-order valence-corrected chi connectivity index (χ2v) is 20.6. The van der Waals surface area contributed by atoms with Crippen molar-refractivity contribution in [1.29, 1.82) is 0 Å². The average molecular weight is 995 g/mol. The second kappa shape index (κ2) is 31.2. The molecule has 2 unspecified atom stereocenters. The number of halogens is 4. The Hall–Kier alpha value is -4.15. The van der Waals surface area contributed by atoms with Crippen LogP contribution in [0.2, 0.25) is 0 Å². The minimum Gasteiger partial charge on any atom is -0.363 e. The van der Waals surface area contributed by atoms with Gasteiger partial charge in [0.25, 0.3) is 0 Å². The van der Waals surface area contributed by atoms with E-state index in [1.807, 2.05) is 142 Å². The third kappa shape index (κ3) is 21.0. The molecule has 0 heterocycles. The van der Waals surface area contributed by atoms with Gasteiger partial charge in [0, 0.05) is 59.0 Å². The van der Waals surface area contributed by atoms with E-state index in [1.165, 1.54) is 21.9 Å². The van der Waals surface area contributed by atoms with Gasteiger partial charge in [-0.1, -0.05) is 135 Å². The summed E-state index contributed by atoms with van der Waals surface area (Å²) in [6.07, 6.45) is 7.67. The maximum absolute atomic E-state index is 14.5. The number of hydrogen-bond acceptors (Lipinski definition) is 4. The van der Waals surface area contributed by atoms with Crippen molar-refractivity contribution in [2.24, 2.45) is 33.5 Å². The number of Topliss-reactive ketones (excluding diaryl/α,β-unsaturated/α-hetero) is 2. The van der Waals surface area contributed by atoms with Gasteiger partial charge < -0.3 is 9.80 Å². The molecule has 0 radical (unpaired) electrons. The summed E-state index contributed by atoms with van der Waals surface area (Å²) in [5.74, 6) is -4.92. The Morgan fingerprint density at radius 2 is 0.797 bits per heavy atom. The molecule has 0 aliphatic heterocycles. The monoisotopic (exact) mass is 995 g/mol. The number of nitrogens with zero attached hydrogens (tertiary/aromatic N) is 2. The Balaban J connectivity index is 0.00000109. The molecule has 0 saturated heterocycles. The zero-order chi connectivity index (χ0) is 51.9. The van der Waals surface area contributed by atoms with E-state index in [2.05, 4.69) is 0 Å². The zero-order valence-electron chi connectivity index (χ0n) is 44.3. The Labute approximate surface area is 429 Å². The molecular formula is C58H82F4N2O4Ti. The van der Waals surface area contributed by atoms with Crippen LogP contribution in [0.15, 0.2) is 84.9 Å². The van der Waals surface area contributed by atoms with E-state index in [9.17, 15) is 36.7 Å². The molecule has 0 bridgehead atoms. The van der Waals surface area contributed by atoms with E-state index >= 15 is 0 Å². The van der Waals surface area contributed by atoms with Crippen LogP contribution < -0.4 is 9.80 Å². The quantitative estimate of drug-likeness (QED) is 0.0502. The maximum atomic E-state index is 14.5. The topological polar surface area (TPSA) is 74.8 Å². The zero-order valence-corrected chi connectivity index (χ0v) is 45.8. The normalized spacial score (nSPS) is 12.3. The molecule has 0 aliphatic rings. The van der Waals surface area contributed by atoms with E-state index in [0.717, 1.165) is 50.7 Å². The first-order chi connectivity index (χ1) is 31.7. The van der Waals surface area contributed by atoms with E-state index in [1.54, 1.807) is 27.7 Å². The first-order valence-electron chi connectivity index (χ1n) is 24.6. The van der Waals surface area contributed by atoms with Crippen LogP contribution in [0, 0.1) is 68.9 Å². The van der Waals surface area contributed by atoms with Crippen molar-refractivity contribution in [2.75, 3.05) is 22.9 Å². The summed E-state index contributed by atoms with van der Waals surface area (Å²) >= 11 is 0. The maximum Gasteiger partial charge on any atom is 4.00 e. The van der Waals surface area contributed by atoms with Crippen molar-refractivity contribution in [3.05, 3.63) is 120 Å². The summed E-state index contributed by atoms with van der Waals surface area (Å²) < 4.78 is 55.7. The smallest absolute Gasteiger partial charge is 0.363 e. The SMILES string of the molecule is CCCCC(C(=O)C(C)(C)C)C(C)(C)C(=O)N(CCCC)c1ccc(F)[c-]c1F.CCCCC(C(=O)C(C)(C)C)C(C)(C)C(=O)N(CCCC)c1ccc(F)[c-]c1F.[Ti+4].c1cc[cH-]c1.c1cc[cH-]c1. The van der Waals surface area contributed by atoms with E-state index in [-0.39, 0.29) is 56.5 Å². The number of carbonyl (C=O) groups is 4. The summed E-state index contributed by atoms with van der Waals surface area (Å²) in [4.78, 5) is 56.4. The van der Waals surface area contributed by atoms with Crippen LogP contribution in [0.25, 0.3) is 0 Å². The van der Waals surface area contributed by atoms with Crippen LogP contribution in [-0.2, 0) is 40.9 Å². The minimum atomic E-state index is -1.02. The first-order valence-corrected chi connectivity index (χ1v) is 24.6. The predicted molar refractivity (Wildman–Crippen MR) is 271 cm³/mol. The summed E-state index contributed by atoms with van der Waals surface area (Å²) in [6, 6.07) is 28.8. The molecule has 6 nitrogen and oxygen atoms in total. The third-order valence-corrected chi connectivity index (χ3v) is 12.0. The summed E-state index contributed by atoms with van der Waals surface area (Å²) in [5, 5.41) is 0. The number of unbranched alkanes of at least 4 members (excludes halogenated alkanes) is 4. The van der Waals surface area contributed by atoms with Crippen molar-refractivity contribution in [1.82, 2.24) is 0 Å². The molecule has 0 aliphatic carbocycles. The van der Waals surface area contributed by atoms with Gasteiger partial charge in [-0.2, -0.15) is 36.4 Å². The fourth-order valence-corrected chi connectivity index (χ4v) is 7.72. The first kappa shape index (κ1) is 64.9. The van der Waals surface area contributed by atoms with Gasteiger partial charge in [-0.05, 0) is 37.1 Å². The minimum absolute atomic E-state index is 0. The van der Waals surface area contributed by atoms with Gasteiger partial charge in [0.15, 0.2) is 0 Å². The van der Waals surface area contributed by atoms with Crippen LogP contribution >= 0.6 is 0 Å². The summed E-state index contributed by atoms with van der Waals surface area (Å²) in [6.45, 7) is 26.9. The van der Waals surface area contributed by atoms with Gasteiger partial charge >= 0.3 is 21.7 Å². The van der Waals surface area contributed by atoms with Crippen molar-refractivity contribution >= 4 is 34.8 Å². The number of anilines is 2. The van der Waals surface area contributed by atoms with Gasteiger partial charge in [0.1, 0.15) is 11.6 Å². The Morgan fingerprint density at radius 1 is 0.507 bits per heavy atom. The molecule has 380 valence electrons. The predicted octanol–water partition coefficient (Wildman–Crippen LogP) is 15.5. The molecule has 4 rings (SSSR count). The van der Waals surface area contributed by atoms with E-state index in [4.69, 9.17) is 0 Å². The van der Waals surface area contributed by atoms with Gasteiger partial charge in [-0.25, -0.2) is 41.8 Å². The van der Waals surface area contributed by atoms with E-state index < -0.39 is 56.8 Å². The molecular weight excluding hydrogens is 913 g/mol. The molecule has 0 aromatic heterocycles. The molecule has 0 saturated carbocycles. The number of carbonyl (C=O) groups excluding carboxylic acids is 4. The van der Waals surface area contributed by atoms with Crippen molar-refractivity contribution in [3.8, 4) is 0 Å². The van der Waals surface area contributed by atoms with Gasteiger partial charge in [0.2, 0.25) is 11.8 Å². The fraction of sp³-hybridized carbons (Fsp3) is 0.552. The van der Waals surface area contributed by atoms with Crippen LogP contribution in [0.5, 0.6) is 0 Å². The average Bonchev–Trinajstić information content (AvgIpc) is 4.06. The Morgan fingerprint density at radius 3 is 1.01 bits per heavy atom. The number of hydrogen-bond donors (Lipinski definition) is 0. The molecule has 2 atom stereocenters. The van der Waals surface area contributed by atoms with Gasteiger partial charge in [0.05, 0.1) is 10.8 Å². The van der Waals surface area contributed by atoms with Gasteiger partial charge in [-0.3, -0.25) is 19.2 Å². The van der Waals surface area contributed by atoms with Crippen LogP contribution in [0.1, 0.15) is 161 Å². The van der Waals surface area contributed by atoms with Crippen molar-refractivity contribution in [2.45, 2.75) is 161 Å². The molecule has 4 aromatic rings. The van der Waals surface area contributed by atoms with Crippen molar-refractivity contribution in [3.63, 3.8) is 0 Å². The molecule has 0 N–H and O–H groups in total. The van der Waals surface area contributed by atoms with Crippen LogP contribution in [-0.4, -0.2) is 36.5 Å². The molecule has 0 fully saturated rings.